The van der Waals surface area contributed by atoms with Crippen LogP contribution < -0.4 is 0 Å². The molecule has 12 rings (SSSR count). The molecule has 0 bridgehead atoms. The van der Waals surface area contributed by atoms with Gasteiger partial charge >= 0.3 is 20.1 Å². The van der Waals surface area contributed by atoms with Gasteiger partial charge in [0, 0.05) is 18.6 Å². The molecule has 0 saturated heterocycles. The van der Waals surface area contributed by atoms with Crippen LogP contribution >= 0.6 is 0 Å². The molecule has 0 saturated carbocycles. The molecular weight excluding hydrogens is 1120 g/mol. The van der Waals surface area contributed by atoms with E-state index < -0.39 is 0 Å². The summed E-state index contributed by atoms with van der Waals surface area (Å²) in [4.78, 5) is 13.8. The summed E-state index contributed by atoms with van der Waals surface area (Å²) in [6.45, 7) is 0. The molecule has 360 valence electrons. The summed E-state index contributed by atoms with van der Waals surface area (Å²) in [5.41, 5.74) is 22.0. The van der Waals surface area contributed by atoms with Gasteiger partial charge in [-0.25, -0.2) is 0 Å². The van der Waals surface area contributed by atoms with Crippen LogP contribution in [0, 0.1) is 40.9 Å². The van der Waals surface area contributed by atoms with Crippen LogP contribution in [0.5, 0.6) is 0 Å². The molecule has 0 amide bonds. The Balaban J connectivity index is 0.00000631. The van der Waals surface area contributed by atoms with Gasteiger partial charge in [-0.15, -0.1) is 83.4 Å². The van der Waals surface area contributed by atoms with Gasteiger partial charge in [0.1, 0.15) is 0 Å². The van der Waals surface area contributed by atoms with Crippen molar-refractivity contribution < 1.29 is 20.1 Å². The van der Waals surface area contributed by atoms with Crippen LogP contribution in [0.25, 0.3) is 123 Å². The Kier molecular flexibility index (Phi) is 14.3. The van der Waals surface area contributed by atoms with Crippen LogP contribution in [-0.4, -0.2) is 15.0 Å². The molecule has 0 N–H and O–H groups in total. The first-order chi connectivity index (χ1) is 37.6. The maximum absolute atomic E-state index is 10.3. The number of hydrogen-bond donors (Lipinski definition) is 0. The number of pyridine rings is 3. The van der Waals surface area contributed by atoms with E-state index in [1.807, 2.05) is 128 Å². The molecule has 3 heterocycles. The molecule has 0 fully saturated rings. The van der Waals surface area contributed by atoms with Gasteiger partial charge < -0.3 is 15.0 Å². The Bertz CT molecular complexity index is 3970. The number of rotatable bonds is 11. The van der Waals surface area contributed by atoms with Gasteiger partial charge in [0.15, 0.2) is 0 Å². The quantitative estimate of drug-likeness (QED) is 0.120. The second-order valence-corrected chi connectivity index (χ2v) is 18.3. The third-order valence-corrected chi connectivity index (χ3v) is 13.7. The van der Waals surface area contributed by atoms with E-state index in [9.17, 15) is 10.5 Å². The molecular formula is C71H42IrN5. The van der Waals surface area contributed by atoms with Crippen molar-refractivity contribution >= 4 is 0 Å². The van der Waals surface area contributed by atoms with Crippen LogP contribution in [0.4, 0.5) is 0 Å². The summed E-state index contributed by atoms with van der Waals surface area (Å²) in [6, 6.07) is 95.7. The number of nitriles is 2. The molecule has 0 aliphatic heterocycles. The molecule has 9 aromatic carbocycles. The number of nitrogens with zero attached hydrogens (tertiary/aromatic N) is 5. The van der Waals surface area contributed by atoms with Gasteiger partial charge in [-0.1, -0.05) is 166 Å². The van der Waals surface area contributed by atoms with E-state index >= 15 is 0 Å². The summed E-state index contributed by atoms with van der Waals surface area (Å²) < 4.78 is 0. The maximum Gasteiger partial charge on any atom is 3.00 e. The van der Waals surface area contributed by atoms with Gasteiger partial charge in [-0.2, -0.15) is 10.5 Å². The van der Waals surface area contributed by atoms with E-state index in [0.717, 1.165) is 123 Å². The van der Waals surface area contributed by atoms with Crippen LogP contribution in [0.1, 0.15) is 11.1 Å². The Morgan fingerprint density at radius 3 is 1.14 bits per heavy atom. The van der Waals surface area contributed by atoms with Crippen LogP contribution in [0.15, 0.2) is 255 Å². The third-order valence-electron chi connectivity index (χ3n) is 13.7. The van der Waals surface area contributed by atoms with Crippen LogP contribution in [-0.2, 0) is 20.1 Å². The minimum absolute atomic E-state index is 0. The predicted molar refractivity (Wildman–Crippen MR) is 306 cm³/mol. The van der Waals surface area contributed by atoms with Crippen molar-refractivity contribution in [3.63, 3.8) is 0 Å². The van der Waals surface area contributed by atoms with Crippen molar-refractivity contribution in [1.29, 1.82) is 10.5 Å². The minimum atomic E-state index is 0. The zero-order valence-electron chi connectivity index (χ0n) is 41.3. The zero-order valence-corrected chi connectivity index (χ0v) is 43.7. The Morgan fingerprint density at radius 1 is 0.273 bits per heavy atom. The summed E-state index contributed by atoms with van der Waals surface area (Å²) in [5.74, 6) is 0. The first-order valence-corrected chi connectivity index (χ1v) is 24.9. The zero-order chi connectivity index (χ0) is 51.2. The number of hydrogen-bond acceptors (Lipinski definition) is 5. The third kappa shape index (κ3) is 10.3. The normalized spacial score (nSPS) is 10.7. The fraction of sp³-hybridized carbons (Fsp3) is 0. The average molecular weight is 1160 g/mol. The van der Waals surface area contributed by atoms with E-state index in [1.54, 1.807) is 12.4 Å². The molecule has 0 aliphatic carbocycles. The van der Waals surface area contributed by atoms with E-state index in [-0.39, 0.29) is 20.1 Å². The van der Waals surface area contributed by atoms with Crippen molar-refractivity contribution in [2.75, 3.05) is 0 Å². The van der Waals surface area contributed by atoms with Gasteiger partial charge in [0.05, 0.1) is 23.3 Å². The predicted octanol–water partition coefficient (Wildman–Crippen LogP) is 17.4. The first kappa shape index (κ1) is 49.3. The molecule has 77 heavy (non-hydrogen) atoms. The van der Waals surface area contributed by atoms with Gasteiger partial charge in [-0.3, -0.25) is 0 Å². The Hall–Kier alpha value is -9.94. The molecule has 3 aromatic heterocycles. The van der Waals surface area contributed by atoms with Crippen molar-refractivity contribution in [2.45, 2.75) is 0 Å². The van der Waals surface area contributed by atoms with Crippen molar-refractivity contribution in [1.82, 2.24) is 15.0 Å². The fourth-order valence-corrected chi connectivity index (χ4v) is 9.92. The summed E-state index contributed by atoms with van der Waals surface area (Å²) in [7, 11) is 0. The minimum Gasteiger partial charge on any atom is -0.305 e. The smallest absolute Gasteiger partial charge is 0.305 e. The Morgan fingerprint density at radius 2 is 0.675 bits per heavy atom. The molecule has 5 nitrogen and oxygen atoms in total. The maximum atomic E-state index is 10.3. The van der Waals surface area contributed by atoms with Gasteiger partial charge in [-0.05, 0) is 128 Å². The Labute approximate surface area is 462 Å². The molecule has 0 unspecified atom stereocenters. The summed E-state index contributed by atoms with van der Waals surface area (Å²) in [5, 5.41) is 20.6. The monoisotopic (exact) mass is 1160 g/mol. The molecule has 0 spiro atoms. The second kappa shape index (κ2) is 22.3. The molecule has 12 aromatic rings. The van der Waals surface area contributed by atoms with E-state index in [1.165, 1.54) is 0 Å². The van der Waals surface area contributed by atoms with Crippen molar-refractivity contribution in [2.24, 2.45) is 0 Å². The molecule has 0 aliphatic rings. The molecule has 6 heteroatoms. The number of aromatic nitrogens is 3. The average Bonchev–Trinajstić information content (AvgIpc) is 3.52. The topological polar surface area (TPSA) is 86.2 Å². The first-order valence-electron chi connectivity index (χ1n) is 24.9. The molecule has 0 atom stereocenters. The van der Waals surface area contributed by atoms with Crippen LogP contribution in [0.3, 0.4) is 0 Å². The van der Waals surface area contributed by atoms with E-state index in [0.29, 0.717) is 11.1 Å². The largest absolute Gasteiger partial charge is 3.00 e. The fourth-order valence-electron chi connectivity index (χ4n) is 9.92. The van der Waals surface area contributed by atoms with Crippen molar-refractivity contribution in [3.8, 4) is 135 Å². The van der Waals surface area contributed by atoms with Gasteiger partial charge in [0.25, 0.3) is 0 Å². The SMILES string of the molecule is N#Cc1ccc(-c2cc(-c3ccc(C#N)cc3-c3c[c-]c(-c4ccccn4)cc3)cc(-c3ccccc3-c3c[c-]c(-c4ccccn4)cc3-c3ccc(-c4ccccc4)cc3)c2)c(-c2c[c-]c(-c3ccccn3)cc2)c1.[Ir+3]. The van der Waals surface area contributed by atoms with E-state index in [4.69, 9.17) is 4.98 Å². The summed E-state index contributed by atoms with van der Waals surface area (Å²) in [6.07, 6.45) is 5.38. The number of benzene rings is 9. The van der Waals surface area contributed by atoms with Gasteiger partial charge in [0.2, 0.25) is 0 Å². The summed E-state index contributed by atoms with van der Waals surface area (Å²) >= 11 is 0. The van der Waals surface area contributed by atoms with E-state index in [2.05, 4.69) is 156 Å². The molecule has 0 radical (unpaired) electrons. The van der Waals surface area contributed by atoms with Crippen LogP contribution in [0.2, 0.25) is 0 Å². The standard InChI is InChI=1S/C71H42N5.Ir/c72-46-48-19-34-62(66(40-48)52-25-29-55(30-26-52)69-16-6-9-37-74-69)59-42-58(43-60(44-59)63-35-20-49(47-73)41-67(63)53-27-31-56(32-28-53)70-17-7-10-38-75-70)61-14-4-5-15-64(61)65-36-33-57(71-18-8-11-39-76-71)45-68(65)54-23-21-51(22-24-54)50-12-2-1-3-13-50;/h1-29,31,34-45H;/q-3;+3. The second-order valence-electron chi connectivity index (χ2n) is 18.3. The van der Waals surface area contributed by atoms with Crippen molar-refractivity contribution in [3.05, 3.63) is 285 Å².